The molecule has 0 bridgehead atoms. The van der Waals surface area contributed by atoms with Crippen LogP contribution in [0.1, 0.15) is 37.1 Å². The van der Waals surface area contributed by atoms with Gasteiger partial charge in [-0.05, 0) is 61.6 Å². The Morgan fingerprint density at radius 3 is 2.34 bits per heavy atom. The molecule has 0 saturated heterocycles. The molecule has 0 spiro atoms. The first-order valence-corrected chi connectivity index (χ1v) is 13.8. The average molecular weight is 568 g/mol. The van der Waals surface area contributed by atoms with Gasteiger partial charge in [-0.25, -0.2) is 9.37 Å². The van der Waals surface area contributed by atoms with Gasteiger partial charge in [0, 0.05) is 11.1 Å². The Hall–Kier alpha value is -4.49. The maximum atomic E-state index is 14.0. The fourth-order valence-corrected chi connectivity index (χ4v) is 4.84. The molecule has 1 N–H and O–H groups in total. The number of nitrogens with one attached hydrogen (secondary N) is 1. The third-order valence-corrected chi connectivity index (χ3v) is 7.54. The molecule has 1 saturated carbocycles. The van der Waals surface area contributed by atoms with Crippen molar-refractivity contribution >= 4 is 29.1 Å². The van der Waals surface area contributed by atoms with Crippen molar-refractivity contribution in [2.24, 2.45) is 5.92 Å². The van der Waals surface area contributed by atoms with E-state index in [-0.39, 0.29) is 23.0 Å². The van der Waals surface area contributed by atoms with Crippen molar-refractivity contribution in [3.05, 3.63) is 107 Å². The lowest BCUT2D eigenvalue weighted by Gasteiger charge is -2.14. The van der Waals surface area contributed by atoms with Crippen molar-refractivity contribution in [3.8, 4) is 33.7 Å². The number of carbonyl (C=O) groups is 1. The van der Waals surface area contributed by atoms with Crippen LogP contribution in [0.3, 0.4) is 0 Å². The number of esters is 1. The number of ether oxygens (including phenoxy) is 1. The van der Waals surface area contributed by atoms with Crippen molar-refractivity contribution in [2.45, 2.75) is 32.8 Å². The largest absolute Gasteiger partial charge is 0.458 e. The molecule has 5 aromatic rings. The zero-order valence-corrected chi connectivity index (χ0v) is 23.3. The molecule has 2 aromatic heterocycles. The number of hydrogen-bond donors (Lipinski definition) is 1. The zero-order chi connectivity index (χ0) is 28.5. The molecule has 6 nitrogen and oxygen atoms in total. The molecule has 1 unspecified atom stereocenters. The predicted octanol–water partition coefficient (Wildman–Crippen LogP) is 8.93. The minimum Gasteiger partial charge on any atom is -0.458 e. The van der Waals surface area contributed by atoms with Gasteiger partial charge in [-0.1, -0.05) is 83.5 Å². The molecule has 0 aliphatic heterocycles. The minimum atomic E-state index is -0.496. The smallest absolute Gasteiger partial charge is 0.309 e. The monoisotopic (exact) mass is 567 g/mol. The summed E-state index contributed by atoms with van der Waals surface area (Å²) < 4.78 is 25.3. The maximum Gasteiger partial charge on any atom is 0.309 e. The molecule has 1 atom stereocenters. The Morgan fingerprint density at radius 2 is 1.63 bits per heavy atom. The van der Waals surface area contributed by atoms with Crippen molar-refractivity contribution in [1.29, 1.82) is 0 Å². The highest BCUT2D eigenvalue weighted by Crippen LogP contribution is 2.36. The van der Waals surface area contributed by atoms with E-state index in [9.17, 15) is 9.18 Å². The van der Waals surface area contributed by atoms with Crippen LogP contribution in [0, 0.1) is 18.7 Å². The molecule has 0 radical (unpaired) electrons. The quantitative estimate of drug-likeness (QED) is 0.189. The van der Waals surface area contributed by atoms with Gasteiger partial charge in [0.05, 0.1) is 16.6 Å². The molecule has 206 valence electrons. The lowest BCUT2D eigenvalue weighted by Crippen LogP contribution is -2.10. The Labute approximate surface area is 242 Å². The van der Waals surface area contributed by atoms with E-state index in [0.717, 1.165) is 35.1 Å². The number of aromatic nitrogens is 2. The molecular formula is C33H27ClFN3O3. The highest BCUT2D eigenvalue weighted by Gasteiger charge is 2.32. The summed E-state index contributed by atoms with van der Waals surface area (Å²) in [5.41, 5.74) is 6.30. The maximum absolute atomic E-state index is 14.0. The van der Waals surface area contributed by atoms with E-state index >= 15 is 0 Å². The summed E-state index contributed by atoms with van der Waals surface area (Å²) in [4.78, 5) is 16.6. The predicted molar refractivity (Wildman–Crippen MR) is 157 cm³/mol. The summed E-state index contributed by atoms with van der Waals surface area (Å²) in [7, 11) is 0. The first kappa shape index (κ1) is 26.7. The third-order valence-electron chi connectivity index (χ3n) is 7.16. The highest BCUT2D eigenvalue weighted by atomic mass is 35.5. The van der Waals surface area contributed by atoms with Gasteiger partial charge in [0.25, 0.3) is 0 Å². The Balaban J connectivity index is 1.19. The van der Waals surface area contributed by atoms with Gasteiger partial charge in [0.15, 0.2) is 5.76 Å². The van der Waals surface area contributed by atoms with E-state index < -0.39 is 5.82 Å². The van der Waals surface area contributed by atoms with Crippen molar-refractivity contribution in [1.82, 2.24) is 10.1 Å². The number of carbonyl (C=O) groups excluding carboxylic acids is 1. The standard InChI is InChI=1S/C33H27ClFN3O3/c1-19-31(37-29-8-4-7-28(36-29)26-5-3-6-27(35)30(26)34)32(41-38-19)24-15-13-23(14-16-24)22-11-9-21(10-12-22)20(2)40-33(39)25-17-18-25/h3-16,20,25H,17-18H2,1-2H3,(H,36,37). The summed E-state index contributed by atoms with van der Waals surface area (Å²) in [5, 5.41) is 7.50. The van der Waals surface area contributed by atoms with Crippen molar-refractivity contribution < 1.29 is 18.4 Å². The molecule has 1 aliphatic carbocycles. The summed E-state index contributed by atoms with van der Waals surface area (Å²) in [6.45, 7) is 3.75. The molecule has 1 fully saturated rings. The van der Waals surface area contributed by atoms with Gasteiger partial charge in [0.1, 0.15) is 29.1 Å². The normalized spacial score (nSPS) is 13.6. The van der Waals surface area contributed by atoms with E-state index in [1.807, 2.05) is 74.5 Å². The second kappa shape index (κ2) is 11.2. The van der Waals surface area contributed by atoms with Crippen LogP contribution in [0.25, 0.3) is 33.7 Å². The van der Waals surface area contributed by atoms with Crippen molar-refractivity contribution in [2.75, 3.05) is 5.32 Å². The third kappa shape index (κ3) is 5.72. The van der Waals surface area contributed by atoms with Crippen molar-refractivity contribution in [3.63, 3.8) is 0 Å². The summed E-state index contributed by atoms with van der Waals surface area (Å²) in [5.74, 6) is 0.605. The van der Waals surface area contributed by atoms with Crippen LogP contribution in [0.4, 0.5) is 15.9 Å². The second-order valence-electron chi connectivity index (χ2n) is 10.2. The van der Waals surface area contributed by atoms with Gasteiger partial charge < -0.3 is 14.6 Å². The Morgan fingerprint density at radius 1 is 0.976 bits per heavy atom. The van der Waals surface area contributed by atoms with E-state index in [0.29, 0.717) is 34.2 Å². The lowest BCUT2D eigenvalue weighted by atomic mass is 10.0. The number of benzene rings is 3. The fraction of sp³-hybridized carbons (Fsp3) is 0.182. The van der Waals surface area contributed by atoms with Crippen LogP contribution in [0.5, 0.6) is 0 Å². The van der Waals surface area contributed by atoms with E-state index in [1.54, 1.807) is 18.2 Å². The van der Waals surface area contributed by atoms with Crippen LogP contribution < -0.4 is 5.32 Å². The second-order valence-corrected chi connectivity index (χ2v) is 10.5. The van der Waals surface area contributed by atoms with Gasteiger partial charge in [-0.15, -0.1) is 0 Å². The number of nitrogens with zero attached hydrogens (tertiary/aromatic N) is 2. The molecule has 3 aromatic carbocycles. The Bertz CT molecular complexity index is 1710. The van der Waals surface area contributed by atoms with Crippen LogP contribution in [-0.2, 0) is 9.53 Å². The first-order chi connectivity index (χ1) is 19.9. The molecule has 41 heavy (non-hydrogen) atoms. The zero-order valence-electron chi connectivity index (χ0n) is 22.5. The first-order valence-electron chi connectivity index (χ1n) is 13.4. The number of hydrogen-bond acceptors (Lipinski definition) is 6. The molecular weight excluding hydrogens is 541 g/mol. The SMILES string of the molecule is Cc1noc(-c2ccc(-c3ccc(C(C)OC(=O)C4CC4)cc3)cc2)c1Nc1cccc(-c2cccc(F)c2Cl)n1. The lowest BCUT2D eigenvalue weighted by molar-refractivity contribution is -0.150. The minimum absolute atomic E-state index is 0.0280. The number of anilines is 2. The summed E-state index contributed by atoms with van der Waals surface area (Å²) >= 11 is 6.18. The average Bonchev–Trinajstić information content (AvgIpc) is 3.79. The molecule has 1 aliphatic rings. The number of rotatable bonds is 8. The molecule has 8 heteroatoms. The van der Waals surface area contributed by atoms with Crippen LogP contribution >= 0.6 is 11.6 Å². The van der Waals surface area contributed by atoms with Gasteiger partial charge in [0.2, 0.25) is 0 Å². The number of halogens is 2. The van der Waals surface area contributed by atoms with E-state index in [2.05, 4.69) is 15.5 Å². The molecule has 2 heterocycles. The van der Waals surface area contributed by atoms with Crippen LogP contribution in [0.15, 0.2) is 89.5 Å². The Kier molecular flexibility index (Phi) is 7.28. The van der Waals surface area contributed by atoms with Gasteiger partial charge >= 0.3 is 5.97 Å². The van der Waals surface area contributed by atoms with E-state index in [1.165, 1.54) is 6.07 Å². The molecule has 6 rings (SSSR count). The summed E-state index contributed by atoms with van der Waals surface area (Å²) in [6, 6.07) is 26.1. The van der Waals surface area contributed by atoms with Gasteiger partial charge in [-0.2, -0.15) is 0 Å². The summed E-state index contributed by atoms with van der Waals surface area (Å²) in [6.07, 6.45) is 1.59. The number of aryl methyl sites for hydroxylation is 1. The topological polar surface area (TPSA) is 77.2 Å². The van der Waals surface area contributed by atoms with Gasteiger partial charge in [-0.3, -0.25) is 4.79 Å². The highest BCUT2D eigenvalue weighted by molar-refractivity contribution is 6.33. The van der Waals surface area contributed by atoms with Crippen LogP contribution in [0.2, 0.25) is 5.02 Å². The fourth-order valence-electron chi connectivity index (χ4n) is 4.62. The van der Waals surface area contributed by atoms with E-state index in [4.69, 9.17) is 20.9 Å². The van der Waals surface area contributed by atoms with Crippen LogP contribution in [-0.4, -0.2) is 16.1 Å². The molecule has 0 amide bonds. The number of pyridine rings is 1.